The van der Waals surface area contributed by atoms with Crippen molar-refractivity contribution >= 4 is 22.4 Å². The average Bonchev–Trinajstić information content (AvgIpc) is 2.83. The zero-order chi connectivity index (χ0) is 23.7. The fourth-order valence-electron chi connectivity index (χ4n) is 3.51. The molecule has 0 saturated carbocycles. The molecule has 4 rings (SSSR count). The normalized spacial score (nSPS) is 10.8. The monoisotopic (exact) mass is 443 g/mol. The molecular weight excluding hydrogens is 414 g/mol. The molecule has 0 spiro atoms. The number of rotatable bonds is 7. The maximum atomic E-state index is 11.3. The minimum absolute atomic E-state index is 0.177. The van der Waals surface area contributed by atoms with E-state index in [0.717, 1.165) is 40.6 Å². The summed E-state index contributed by atoms with van der Waals surface area (Å²) in [5, 5.41) is 21.6. The molecular formula is C28H29NO4. The van der Waals surface area contributed by atoms with Gasteiger partial charge in [-0.3, -0.25) is 4.48 Å². The van der Waals surface area contributed by atoms with Gasteiger partial charge in [-0.05, 0) is 41.1 Å². The zero-order valence-corrected chi connectivity index (χ0v) is 19.0. The number of ether oxygens (including phenoxy) is 1. The zero-order valence-electron chi connectivity index (χ0n) is 19.0. The Hall–Kier alpha value is -3.83. The van der Waals surface area contributed by atoms with Crippen LogP contribution in [0.15, 0.2) is 97.1 Å². The Labute approximate surface area is 194 Å². The third kappa shape index (κ3) is 6.82. The smallest absolute Gasteiger partial charge is 0.335 e. The Kier molecular flexibility index (Phi) is 8.06. The Bertz CT molecular complexity index is 1170. The number of carboxylic acid groups (broad SMARTS) is 1. The number of hydrogen-bond acceptors (Lipinski definition) is 3. The third-order valence-electron chi connectivity index (χ3n) is 5.41. The van der Waals surface area contributed by atoms with Crippen LogP contribution in [-0.4, -0.2) is 38.3 Å². The first-order valence-electron chi connectivity index (χ1n) is 10.9. The molecule has 170 valence electrons. The molecule has 33 heavy (non-hydrogen) atoms. The molecule has 5 heteroatoms. The molecule has 0 heterocycles. The molecule has 0 saturated heterocycles. The Morgan fingerprint density at radius 2 is 1.39 bits per heavy atom. The molecule has 5 nitrogen and oxygen atoms in total. The van der Waals surface area contributed by atoms with E-state index in [-0.39, 0.29) is 5.56 Å². The highest BCUT2D eigenvalue weighted by atomic mass is 16.5. The van der Waals surface area contributed by atoms with Crippen molar-refractivity contribution in [2.75, 3.05) is 27.2 Å². The lowest BCUT2D eigenvalue weighted by atomic mass is 10.1. The van der Waals surface area contributed by atoms with E-state index in [1.54, 1.807) is 18.2 Å². The van der Waals surface area contributed by atoms with Crippen molar-refractivity contribution in [2.45, 2.75) is 6.42 Å². The lowest BCUT2D eigenvalue weighted by Crippen LogP contribution is -2.41. The van der Waals surface area contributed by atoms with Crippen LogP contribution in [0.5, 0.6) is 11.5 Å². The van der Waals surface area contributed by atoms with Crippen LogP contribution in [-0.2, 0) is 0 Å². The third-order valence-corrected chi connectivity index (χ3v) is 5.41. The highest BCUT2D eigenvalue weighted by Gasteiger charge is 2.17. The van der Waals surface area contributed by atoms with Crippen molar-refractivity contribution in [2.24, 2.45) is 0 Å². The molecule has 0 fully saturated rings. The Morgan fingerprint density at radius 1 is 0.848 bits per heavy atom. The van der Waals surface area contributed by atoms with Gasteiger partial charge in [-0.1, -0.05) is 72.5 Å². The largest absolute Gasteiger partial charge is 0.872 e. The van der Waals surface area contributed by atoms with E-state index < -0.39 is 11.7 Å². The first-order chi connectivity index (χ1) is 15.9. The molecule has 4 aromatic rings. The van der Waals surface area contributed by atoms with Crippen molar-refractivity contribution in [3.8, 4) is 11.5 Å². The summed E-state index contributed by atoms with van der Waals surface area (Å²) in [6.45, 7) is 1.83. The first kappa shape index (κ1) is 23.8. The van der Waals surface area contributed by atoms with E-state index >= 15 is 0 Å². The topological polar surface area (TPSA) is 69.6 Å². The van der Waals surface area contributed by atoms with Crippen LogP contribution in [0.3, 0.4) is 0 Å². The van der Waals surface area contributed by atoms with Crippen LogP contribution in [0.2, 0.25) is 0 Å². The number of hydrogen-bond donors (Lipinski definition) is 1. The highest BCUT2D eigenvalue weighted by molar-refractivity contribution is 5.97. The van der Waals surface area contributed by atoms with Gasteiger partial charge in [0.15, 0.2) is 0 Å². The number of aromatic carboxylic acids is 1. The summed E-state index contributed by atoms with van der Waals surface area (Å²) in [7, 11) is 4.47. The van der Waals surface area contributed by atoms with Gasteiger partial charge in [0.25, 0.3) is 0 Å². The van der Waals surface area contributed by atoms with Crippen molar-refractivity contribution in [3.05, 3.63) is 103 Å². The first-order valence-corrected chi connectivity index (χ1v) is 10.9. The lowest BCUT2D eigenvalue weighted by molar-refractivity contribution is -0.268. The van der Waals surface area contributed by atoms with Gasteiger partial charge in [0, 0.05) is 6.42 Å². The number of quaternary nitrogens is 1. The van der Waals surface area contributed by atoms with Crippen molar-refractivity contribution < 1.29 is 19.7 Å². The van der Waals surface area contributed by atoms with Gasteiger partial charge in [0.2, 0.25) is 0 Å². The quantitative estimate of drug-likeness (QED) is 0.309. The molecule has 0 radical (unpaired) electrons. The Balaban J connectivity index is 0.000000194. The van der Waals surface area contributed by atoms with Crippen LogP contribution < -0.4 is 14.3 Å². The molecule has 4 aromatic carbocycles. The standard InChI is InChI=1S/C17H22NO.C11H8O3/c1-18(2,16-10-5-3-6-11-16)14-9-15-19-17-12-7-4-8-13-17;12-10-6-8-4-2-1-3-7(8)5-9(10)11(13)14/h3-8,10-13H,9,14-15H2,1-2H3;1-6,12H,(H,13,14)/q+1;/p-1. The second-order valence-electron chi connectivity index (χ2n) is 8.26. The predicted octanol–water partition coefficient (Wildman–Crippen LogP) is 5.33. The number of fused-ring (bicyclic) bond motifs is 1. The van der Waals surface area contributed by atoms with Gasteiger partial charge < -0.3 is 14.9 Å². The lowest BCUT2D eigenvalue weighted by Gasteiger charge is -2.29. The second-order valence-corrected chi connectivity index (χ2v) is 8.26. The number of carbonyl (C=O) groups is 1. The second kappa shape index (κ2) is 11.2. The van der Waals surface area contributed by atoms with E-state index in [0.29, 0.717) is 0 Å². The minimum atomic E-state index is -1.18. The molecule has 0 amide bonds. The van der Waals surface area contributed by atoms with Crippen LogP contribution >= 0.6 is 0 Å². The maximum Gasteiger partial charge on any atom is 0.335 e. The molecule has 1 N–H and O–H groups in total. The fraction of sp³-hybridized carbons (Fsp3) is 0.179. The molecule has 0 atom stereocenters. The molecule has 0 bridgehead atoms. The van der Waals surface area contributed by atoms with Crippen LogP contribution in [0.1, 0.15) is 16.8 Å². The molecule has 0 unspecified atom stereocenters. The summed E-state index contributed by atoms with van der Waals surface area (Å²) in [5.74, 6) is -0.676. The maximum absolute atomic E-state index is 11.3. The van der Waals surface area contributed by atoms with Crippen molar-refractivity contribution in [3.63, 3.8) is 0 Å². The van der Waals surface area contributed by atoms with Gasteiger partial charge in [-0.15, -0.1) is 0 Å². The highest BCUT2D eigenvalue weighted by Crippen LogP contribution is 2.22. The summed E-state index contributed by atoms with van der Waals surface area (Å²) in [6.07, 6.45) is 1.04. The summed E-state index contributed by atoms with van der Waals surface area (Å²) in [6, 6.07) is 30.5. The SMILES string of the molecule is C[N+](C)(CCCOc1ccccc1)c1ccccc1.O=C(O)c1cc2ccccc2cc1[O-]. The summed E-state index contributed by atoms with van der Waals surface area (Å²) < 4.78 is 6.62. The van der Waals surface area contributed by atoms with Gasteiger partial charge in [0.1, 0.15) is 11.4 Å². The number of benzene rings is 4. The summed E-state index contributed by atoms with van der Waals surface area (Å²) in [5.41, 5.74) is 1.16. The molecule has 0 aromatic heterocycles. The van der Waals surface area contributed by atoms with Crippen molar-refractivity contribution in [1.29, 1.82) is 0 Å². The fourth-order valence-corrected chi connectivity index (χ4v) is 3.51. The van der Waals surface area contributed by atoms with E-state index in [2.05, 4.69) is 44.4 Å². The molecule has 0 aliphatic heterocycles. The Morgan fingerprint density at radius 3 is 2.00 bits per heavy atom. The van der Waals surface area contributed by atoms with Gasteiger partial charge in [-0.2, -0.15) is 0 Å². The minimum Gasteiger partial charge on any atom is -0.872 e. The van der Waals surface area contributed by atoms with Gasteiger partial charge in [0.05, 0.1) is 32.8 Å². The number of carboxylic acids is 1. The summed E-state index contributed by atoms with van der Waals surface area (Å²) in [4.78, 5) is 10.7. The van der Waals surface area contributed by atoms with E-state index in [1.807, 2.05) is 36.4 Å². The molecule has 0 aliphatic carbocycles. The predicted molar refractivity (Wildman–Crippen MR) is 132 cm³/mol. The van der Waals surface area contributed by atoms with Crippen molar-refractivity contribution in [1.82, 2.24) is 4.48 Å². The van der Waals surface area contributed by atoms with E-state index in [9.17, 15) is 9.90 Å². The van der Waals surface area contributed by atoms with Gasteiger partial charge >= 0.3 is 5.97 Å². The van der Waals surface area contributed by atoms with E-state index in [1.165, 1.54) is 17.8 Å². The summed E-state index contributed by atoms with van der Waals surface area (Å²) >= 11 is 0. The van der Waals surface area contributed by atoms with Crippen LogP contribution in [0, 0.1) is 0 Å². The number of para-hydroxylation sites is 2. The van der Waals surface area contributed by atoms with Gasteiger partial charge in [-0.25, -0.2) is 4.79 Å². The molecule has 0 aliphatic rings. The number of nitrogens with zero attached hydrogens (tertiary/aromatic N) is 1. The average molecular weight is 444 g/mol. The van der Waals surface area contributed by atoms with Crippen LogP contribution in [0.4, 0.5) is 5.69 Å². The van der Waals surface area contributed by atoms with Crippen LogP contribution in [0.25, 0.3) is 10.8 Å². The van der Waals surface area contributed by atoms with E-state index in [4.69, 9.17) is 9.84 Å².